The van der Waals surface area contributed by atoms with Crippen LogP contribution >= 0.6 is 11.3 Å². The van der Waals surface area contributed by atoms with Crippen LogP contribution in [0.3, 0.4) is 0 Å². The smallest absolute Gasteiger partial charge is 0.421 e. The highest BCUT2D eigenvalue weighted by Crippen LogP contribution is 2.52. The molecule has 1 aromatic carbocycles. The molecule has 0 aliphatic carbocycles. The van der Waals surface area contributed by atoms with E-state index in [1.807, 2.05) is 19.9 Å². The molecule has 2 aliphatic rings. The van der Waals surface area contributed by atoms with E-state index in [9.17, 15) is 27.9 Å². The van der Waals surface area contributed by atoms with E-state index in [4.69, 9.17) is 14.2 Å². The Hall–Kier alpha value is -3.75. The maximum Gasteiger partial charge on any atom is 0.516 e. The molecule has 1 saturated heterocycles. The first-order valence-electron chi connectivity index (χ1n) is 12.4. The number of thiazole rings is 1. The fourth-order valence-electron chi connectivity index (χ4n) is 5.21. The van der Waals surface area contributed by atoms with Crippen molar-refractivity contribution in [3.63, 3.8) is 0 Å². The Balaban J connectivity index is 1.45. The molecule has 3 aromatic rings. The van der Waals surface area contributed by atoms with Crippen LogP contribution in [0.25, 0.3) is 10.4 Å². The lowest BCUT2D eigenvalue weighted by molar-refractivity contribution is -0.172. The maximum absolute atomic E-state index is 13.5. The van der Waals surface area contributed by atoms with Gasteiger partial charge in [0.2, 0.25) is 12.2 Å². The summed E-state index contributed by atoms with van der Waals surface area (Å²) in [4.78, 5) is 44.9. The number of fused-ring (bicyclic) bond motifs is 2. The van der Waals surface area contributed by atoms with Crippen LogP contribution in [0.5, 0.6) is 5.75 Å². The average molecular weight is 590 g/mol. The number of aliphatic hydroxyl groups excluding tert-OH is 1. The summed E-state index contributed by atoms with van der Waals surface area (Å²) in [5, 5.41) is 10.1. The largest absolute Gasteiger partial charge is 0.516 e. The monoisotopic (exact) mass is 589 g/mol. The van der Waals surface area contributed by atoms with Gasteiger partial charge < -0.3 is 24.2 Å². The number of imidazole rings is 1. The topological polar surface area (TPSA) is 154 Å². The molecule has 5 rings (SSSR count). The van der Waals surface area contributed by atoms with Gasteiger partial charge in [-0.25, -0.2) is 23.0 Å². The lowest BCUT2D eigenvalue weighted by atomic mass is 9.77. The molecule has 2 aliphatic heterocycles. The van der Waals surface area contributed by atoms with Gasteiger partial charge in [-0.2, -0.15) is 0 Å². The molecule has 12 nitrogen and oxygen atoms in total. The van der Waals surface area contributed by atoms with Crippen LogP contribution in [0.15, 0.2) is 47.5 Å². The van der Waals surface area contributed by atoms with E-state index in [0.717, 1.165) is 23.2 Å². The minimum atomic E-state index is -3.62. The molecule has 40 heavy (non-hydrogen) atoms. The van der Waals surface area contributed by atoms with Crippen molar-refractivity contribution in [3.05, 3.63) is 52.9 Å². The number of carbonyl (C=O) groups is 3. The summed E-state index contributed by atoms with van der Waals surface area (Å²) < 4.78 is 41.6. The molecule has 1 amide bonds. The predicted octanol–water partition coefficient (Wildman–Crippen LogP) is 2.78. The second-order valence-corrected chi connectivity index (χ2v) is 12.9. The summed E-state index contributed by atoms with van der Waals surface area (Å²) in [5.41, 5.74) is 1.27. The Kier molecular flexibility index (Phi) is 6.96. The molecule has 14 heteroatoms. The van der Waals surface area contributed by atoms with Crippen LogP contribution in [-0.4, -0.2) is 70.5 Å². The first kappa shape index (κ1) is 27.8. The molecule has 1 N–H and O–H groups in total. The predicted molar refractivity (Wildman–Crippen MR) is 142 cm³/mol. The van der Waals surface area contributed by atoms with Gasteiger partial charge in [0.05, 0.1) is 22.9 Å². The molecule has 4 heterocycles. The zero-order chi connectivity index (χ0) is 29.1. The lowest BCUT2D eigenvalue weighted by Crippen LogP contribution is -2.63. The number of sulfone groups is 1. The number of amides is 1. The van der Waals surface area contributed by atoms with E-state index in [1.165, 1.54) is 29.5 Å². The van der Waals surface area contributed by atoms with Gasteiger partial charge >= 0.3 is 12.1 Å². The van der Waals surface area contributed by atoms with Gasteiger partial charge in [-0.05, 0) is 31.5 Å². The number of esters is 1. The fraction of sp³-hybridized carbons (Fsp3) is 0.385. The van der Waals surface area contributed by atoms with Gasteiger partial charge in [0.15, 0.2) is 14.9 Å². The van der Waals surface area contributed by atoms with Crippen molar-refractivity contribution in [2.24, 2.45) is 11.8 Å². The van der Waals surface area contributed by atoms with Crippen LogP contribution < -0.4 is 4.74 Å². The molecule has 1 fully saturated rings. The number of β-lactam (4-membered cyclic amide) rings is 1. The summed E-state index contributed by atoms with van der Waals surface area (Å²) in [6.45, 7) is 6.49. The molecule has 0 bridgehead atoms. The number of hydrogen-bond donors (Lipinski definition) is 1. The Labute approximate surface area is 233 Å². The molecule has 0 saturated carbocycles. The van der Waals surface area contributed by atoms with Crippen molar-refractivity contribution in [3.8, 4) is 5.75 Å². The number of ether oxygens (including phenoxy) is 3. The lowest BCUT2D eigenvalue weighted by Gasteiger charge is -2.46. The van der Waals surface area contributed by atoms with Gasteiger partial charge in [-0.1, -0.05) is 19.1 Å². The van der Waals surface area contributed by atoms with Crippen LogP contribution in [0.2, 0.25) is 0 Å². The van der Waals surface area contributed by atoms with Crippen molar-refractivity contribution >= 4 is 49.6 Å². The molecule has 1 unspecified atom stereocenters. The summed E-state index contributed by atoms with van der Waals surface area (Å²) >= 11 is 1.10. The molecular formula is C26H27N3O9S2. The summed E-state index contributed by atoms with van der Waals surface area (Å²) in [5.74, 6) is -2.23. The van der Waals surface area contributed by atoms with E-state index in [-0.39, 0.29) is 16.5 Å². The third-order valence-corrected chi connectivity index (χ3v) is 9.16. The highest BCUT2D eigenvalue weighted by atomic mass is 32.2. The number of aryl methyl sites for hydroxylation is 1. The van der Waals surface area contributed by atoms with E-state index in [2.05, 4.69) is 4.98 Å². The van der Waals surface area contributed by atoms with Gasteiger partial charge in [-0.15, -0.1) is 11.3 Å². The Morgan fingerprint density at radius 2 is 1.93 bits per heavy atom. The van der Waals surface area contributed by atoms with E-state index in [0.29, 0.717) is 15.3 Å². The summed E-state index contributed by atoms with van der Waals surface area (Å²) in [6, 6.07) is 6.23. The molecule has 212 valence electrons. The third-order valence-electron chi connectivity index (χ3n) is 6.89. The second kappa shape index (κ2) is 10.0. The van der Waals surface area contributed by atoms with E-state index in [1.54, 1.807) is 24.4 Å². The number of hydrogen-bond acceptors (Lipinski definition) is 11. The standard InChI is InChI=1S/C26H27N3O9S2/c1-12-7-6-8-16(9-12)38-26(33)37-15(4)36-25(32)21-18(13(2)20-19(14(3)30)23(31)29(20)21)17-10-28-11-27-22(24(28)39-17)40(5,34)35/h6-11,13-15,19-20,30H,1-5H3/t13-,14+,15?,19+,20+/m0/s1. The first-order chi connectivity index (χ1) is 18.8. The normalized spacial score (nSPS) is 22.1. The van der Waals surface area contributed by atoms with Gasteiger partial charge in [0.25, 0.3) is 0 Å². The minimum absolute atomic E-state index is 0.0553. The van der Waals surface area contributed by atoms with Crippen molar-refractivity contribution < 1.29 is 42.1 Å². The zero-order valence-corrected chi connectivity index (χ0v) is 23.9. The SMILES string of the molecule is Cc1cccc(OC(=O)OC(C)OC(=O)C2=C(c3cn4cnc(S(C)(=O)=O)c4s3)[C@H](C)[C@@H]3[C@@H]([C@@H](C)O)C(=O)N23)c1. The average Bonchev–Trinajstić information content (AvgIpc) is 3.47. The summed E-state index contributed by atoms with van der Waals surface area (Å²) in [7, 11) is -3.62. The van der Waals surface area contributed by atoms with Crippen molar-refractivity contribution in [1.82, 2.24) is 14.3 Å². The fourth-order valence-corrected chi connectivity index (χ4v) is 7.56. The van der Waals surface area contributed by atoms with Crippen molar-refractivity contribution in [2.75, 3.05) is 6.26 Å². The molecule has 2 aromatic heterocycles. The van der Waals surface area contributed by atoms with Gasteiger partial charge in [0.1, 0.15) is 22.6 Å². The van der Waals surface area contributed by atoms with Crippen LogP contribution in [-0.2, 0) is 28.9 Å². The summed E-state index contributed by atoms with van der Waals surface area (Å²) in [6.07, 6.45) is 0.647. The van der Waals surface area contributed by atoms with Crippen LogP contribution in [0, 0.1) is 18.8 Å². The minimum Gasteiger partial charge on any atom is -0.421 e. The Morgan fingerprint density at radius 1 is 1.20 bits per heavy atom. The van der Waals surface area contributed by atoms with E-state index < -0.39 is 58.1 Å². The first-order valence-corrected chi connectivity index (χ1v) is 15.1. The number of nitrogens with zero attached hydrogens (tertiary/aromatic N) is 3. The maximum atomic E-state index is 13.5. The molecule has 0 radical (unpaired) electrons. The van der Waals surface area contributed by atoms with Gasteiger partial charge in [0, 0.05) is 30.9 Å². The zero-order valence-electron chi connectivity index (χ0n) is 22.2. The molecule has 0 spiro atoms. The Morgan fingerprint density at radius 3 is 2.58 bits per heavy atom. The van der Waals surface area contributed by atoms with Gasteiger partial charge in [-0.3, -0.25) is 9.20 Å². The third kappa shape index (κ3) is 4.75. The second-order valence-electron chi connectivity index (χ2n) is 9.91. The molecule has 5 atom stereocenters. The van der Waals surface area contributed by atoms with E-state index >= 15 is 0 Å². The van der Waals surface area contributed by atoms with Crippen LogP contribution in [0.4, 0.5) is 4.79 Å². The number of carbonyl (C=O) groups excluding carboxylic acids is 3. The number of aromatic nitrogens is 2. The number of rotatable bonds is 7. The van der Waals surface area contributed by atoms with Crippen LogP contribution in [0.1, 0.15) is 31.2 Å². The highest BCUT2D eigenvalue weighted by Gasteiger charge is 2.60. The number of benzene rings is 1. The molecular weight excluding hydrogens is 562 g/mol. The Bertz CT molecular complexity index is 1670. The number of aliphatic hydroxyl groups is 1. The van der Waals surface area contributed by atoms with Crippen molar-refractivity contribution in [1.29, 1.82) is 0 Å². The van der Waals surface area contributed by atoms with Crippen molar-refractivity contribution in [2.45, 2.75) is 51.2 Å². The highest BCUT2D eigenvalue weighted by molar-refractivity contribution is 7.91. The quantitative estimate of drug-likeness (QED) is 0.188.